The molecule has 70 valence electrons. The lowest BCUT2D eigenvalue weighted by molar-refractivity contribution is 0.1000. The first-order chi connectivity index (χ1) is 6.06. The molecule has 0 bridgehead atoms. The van der Waals surface area contributed by atoms with Crippen LogP contribution in [0.15, 0.2) is 12.1 Å². The number of carbonyl (C=O) groups is 1. The zero-order valence-corrected chi connectivity index (χ0v) is 8.78. The second kappa shape index (κ2) is 3.75. The van der Waals surface area contributed by atoms with E-state index in [9.17, 15) is 4.79 Å². The van der Waals surface area contributed by atoms with E-state index in [2.05, 4.69) is 9.47 Å². The third kappa shape index (κ3) is 1.99. The molecule has 13 heavy (non-hydrogen) atoms. The normalized spacial score (nSPS) is 9.77. The van der Waals surface area contributed by atoms with Gasteiger partial charge in [-0.1, -0.05) is 0 Å². The number of nitrogens with two attached hydrogens (primary N) is 1. The summed E-state index contributed by atoms with van der Waals surface area (Å²) in [5, 5.41) is 0. The summed E-state index contributed by atoms with van der Waals surface area (Å²) in [5.41, 5.74) is 7.49. The smallest absolute Gasteiger partial charge is 0.248 e. The average molecular weight is 197 g/mol. The lowest BCUT2D eigenvalue weighted by Crippen LogP contribution is -2.11. The second-order valence-corrected chi connectivity index (χ2v) is 3.16. The zero-order chi connectivity index (χ0) is 10.0. The number of aryl methyl sites for hydroxylation is 2. The summed E-state index contributed by atoms with van der Waals surface area (Å²) in [4.78, 5) is 10.9. The summed E-state index contributed by atoms with van der Waals surface area (Å²) in [6, 6.07) is 3.43. The molecule has 4 heteroatoms. The van der Waals surface area contributed by atoms with Crippen LogP contribution in [0.4, 0.5) is 0 Å². The molecule has 1 unspecified atom stereocenters. The van der Waals surface area contributed by atoms with Crippen molar-refractivity contribution in [1.29, 1.82) is 0 Å². The van der Waals surface area contributed by atoms with Crippen LogP contribution in [-0.2, 0) is 0 Å². The van der Waals surface area contributed by atoms with Crippen LogP contribution in [-0.4, -0.2) is 5.91 Å². The van der Waals surface area contributed by atoms with Crippen LogP contribution in [0.1, 0.15) is 21.5 Å². The highest BCUT2D eigenvalue weighted by atomic mass is 31.0. The predicted molar refractivity (Wildman–Crippen MR) is 54.8 cm³/mol. The predicted octanol–water partition coefficient (Wildman–Crippen LogP) is 1.57. The Balaban J connectivity index is 3.28. The first kappa shape index (κ1) is 10.0. The summed E-state index contributed by atoms with van der Waals surface area (Å²) >= 11 is 0. The standard InChI is InChI=1S/C9H12NO2P/c1-5-3-7(9(10)11)4-6(2)8(5)12-13/h3-4H,13H2,1-2H3,(H2,10,11). The highest BCUT2D eigenvalue weighted by Crippen LogP contribution is 2.25. The Hall–Kier alpha value is -1.08. The van der Waals surface area contributed by atoms with E-state index in [1.165, 1.54) is 0 Å². The lowest BCUT2D eigenvalue weighted by atomic mass is 10.1. The Morgan fingerprint density at radius 3 is 2.15 bits per heavy atom. The number of amides is 1. The van der Waals surface area contributed by atoms with E-state index < -0.39 is 5.91 Å². The van der Waals surface area contributed by atoms with E-state index in [0.717, 1.165) is 16.9 Å². The van der Waals surface area contributed by atoms with Crippen molar-refractivity contribution in [1.82, 2.24) is 0 Å². The molecule has 0 radical (unpaired) electrons. The van der Waals surface area contributed by atoms with Gasteiger partial charge in [0.25, 0.3) is 0 Å². The maximum atomic E-state index is 10.9. The van der Waals surface area contributed by atoms with Gasteiger partial charge in [-0.3, -0.25) is 4.79 Å². The molecule has 0 heterocycles. The van der Waals surface area contributed by atoms with Gasteiger partial charge in [0.1, 0.15) is 5.75 Å². The van der Waals surface area contributed by atoms with E-state index in [1.54, 1.807) is 12.1 Å². The number of benzene rings is 1. The Bertz CT molecular complexity index is 326. The molecule has 1 aromatic carbocycles. The Labute approximate surface area is 79.6 Å². The van der Waals surface area contributed by atoms with E-state index in [0.29, 0.717) is 5.56 Å². The second-order valence-electron chi connectivity index (χ2n) is 2.92. The highest BCUT2D eigenvalue weighted by Gasteiger charge is 2.07. The molecule has 0 aromatic heterocycles. The number of rotatable bonds is 2. The Morgan fingerprint density at radius 1 is 1.38 bits per heavy atom. The largest absolute Gasteiger partial charge is 0.480 e. The van der Waals surface area contributed by atoms with Crippen LogP contribution < -0.4 is 10.3 Å². The van der Waals surface area contributed by atoms with Crippen LogP contribution in [0.3, 0.4) is 0 Å². The monoisotopic (exact) mass is 197 g/mol. The summed E-state index contributed by atoms with van der Waals surface area (Å²) in [6.45, 7) is 3.75. The molecule has 0 aliphatic heterocycles. The van der Waals surface area contributed by atoms with Gasteiger partial charge >= 0.3 is 0 Å². The molecule has 3 nitrogen and oxygen atoms in total. The van der Waals surface area contributed by atoms with E-state index >= 15 is 0 Å². The third-order valence-corrected chi connectivity index (χ3v) is 2.10. The zero-order valence-electron chi connectivity index (χ0n) is 7.63. The van der Waals surface area contributed by atoms with E-state index in [1.807, 2.05) is 13.8 Å². The van der Waals surface area contributed by atoms with Crippen molar-refractivity contribution in [2.24, 2.45) is 5.73 Å². The van der Waals surface area contributed by atoms with Crippen molar-refractivity contribution in [2.75, 3.05) is 0 Å². The molecule has 1 amide bonds. The summed E-state index contributed by atoms with van der Waals surface area (Å²) in [6.07, 6.45) is 0. The molecular formula is C9H12NO2P. The third-order valence-electron chi connectivity index (χ3n) is 1.86. The molecule has 0 fully saturated rings. The molecular weight excluding hydrogens is 185 g/mol. The van der Waals surface area contributed by atoms with Crippen molar-refractivity contribution in [2.45, 2.75) is 13.8 Å². The minimum Gasteiger partial charge on any atom is -0.480 e. The summed E-state index contributed by atoms with van der Waals surface area (Å²) in [5.74, 6) is 0.358. The van der Waals surface area contributed by atoms with E-state index in [-0.39, 0.29) is 0 Å². The molecule has 0 spiro atoms. The fourth-order valence-corrected chi connectivity index (χ4v) is 1.65. The van der Waals surface area contributed by atoms with Crippen molar-refractivity contribution in [3.05, 3.63) is 28.8 Å². The topological polar surface area (TPSA) is 52.3 Å². The number of hydrogen-bond donors (Lipinski definition) is 1. The molecule has 1 atom stereocenters. The van der Waals surface area contributed by atoms with E-state index in [4.69, 9.17) is 10.3 Å². The van der Waals surface area contributed by atoms with Crippen LogP contribution in [0.2, 0.25) is 0 Å². The molecule has 0 aliphatic rings. The maximum Gasteiger partial charge on any atom is 0.248 e. The Kier molecular flexibility index (Phi) is 2.89. The van der Waals surface area contributed by atoms with Crippen LogP contribution in [0.5, 0.6) is 5.75 Å². The van der Waals surface area contributed by atoms with Gasteiger partial charge in [-0.25, -0.2) is 0 Å². The number of carbonyl (C=O) groups excluding carboxylic acids is 1. The fourth-order valence-electron chi connectivity index (χ4n) is 1.28. The molecule has 0 saturated heterocycles. The van der Waals surface area contributed by atoms with Gasteiger partial charge < -0.3 is 10.3 Å². The Morgan fingerprint density at radius 2 is 1.85 bits per heavy atom. The van der Waals surface area contributed by atoms with Crippen molar-refractivity contribution < 1.29 is 9.32 Å². The van der Waals surface area contributed by atoms with Crippen LogP contribution in [0.25, 0.3) is 0 Å². The molecule has 0 aliphatic carbocycles. The molecule has 0 saturated carbocycles. The lowest BCUT2D eigenvalue weighted by Gasteiger charge is -2.08. The van der Waals surface area contributed by atoms with Gasteiger partial charge in [-0.05, 0) is 37.1 Å². The van der Waals surface area contributed by atoms with Gasteiger partial charge in [0, 0.05) is 5.56 Å². The van der Waals surface area contributed by atoms with Gasteiger partial charge in [0.2, 0.25) is 5.91 Å². The number of primary amides is 1. The molecule has 1 rings (SSSR count). The fraction of sp³-hybridized carbons (Fsp3) is 0.222. The van der Waals surface area contributed by atoms with Crippen LogP contribution >= 0.6 is 9.47 Å². The minimum atomic E-state index is -0.415. The first-order valence-electron chi connectivity index (χ1n) is 3.84. The first-order valence-corrected chi connectivity index (χ1v) is 4.31. The van der Waals surface area contributed by atoms with Gasteiger partial charge in [-0.15, -0.1) is 0 Å². The van der Waals surface area contributed by atoms with Gasteiger partial charge in [0.15, 0.2) is 0 Å². The van der Waals surface area contributed by atoms with Crippen molar-refractivity contribution in [3.63, 3.8) is 0 Å². The SMILES string of the molecule is Cc1cc(C(N)=O)cc(C)c1OP. The molecule has 2 N–H and O–H groups in total. The van der Waals surface area contributed by atoms with Gasteiger partial charge in [-0.2, -0.15) is 0 Å². The quantitative estimate of drug-likeness (QED) is 0.731. The average Bonchev–Trinajstić information content (AvgIpc) is 2.03. The highest BCUT2D eigenvalue weighted by molar-refractivity contribution is 7.10. The summed E-state index contributed by atoms with van der Waals surface area (Å²) < 4.78 is 5.08. The van der Waals surface area contributed by atoms with Crippen molar-refractivity contribution in [3.8, 4) is 5.75 Å². The maximum absolute atomic E-state index is 10.9. The van der Waals surface area contributed by atoms with Gasteiger partial charge in [0.05, 0.1) is 9.47 Å². The van der Waals surface area contributed by atoms with Crippen molar-refractivity contribution >= 4 is 15.4 Å². The van der Waals surface area contributed by atoms with Crippen LogP contribution in [0, 0.1) is 13.8 Å². The summed E-state index contributed by atoms with van der Waals surface area (Å²) in [7, 11) is 2.19. The number of hydrogen-bond acceptors (Lipinski definition) is 2. The minimum absolute atomic E-state index is 0.415. The molecule has 1 aromatic rings.